The first-order valence-corrected chi connectivity index (χ1v) is 11.0. The van der Waals surface area contributed by atoms with E-state index in [0.717, 1.165) is 30.5 Å². The molecule has 2 saturated carbocycles. The topological polar surface area (TPSA) is 39.4 Å². The zero-order valence-electron chi connectivity index (χ0n) is 17.1. The molecule has 0 radical (unpaired) electrons. The minimum Gasteiger partial charge on any atom is -0.298 e. The molecule has 4 aliphatic rings. The van der Waals surface area contributed by atoms with E-state index in [-0.39, 0.29) is 5.54 Å². The van der Waals surface area contributed by atoms with Crippen molar-refractivity contribution < 1.29 is 0 Å². The molecule has 2 heterocycles. The number of hydrogen-bond donors (Lipinski definition) is 0. The van der Waals surface area contributed by atoms with Crippen molar-refractivity contribution in [3.63, 3.8) is 0 Å². The summed E-state index contributed by atoms with van der Waals surface area (Å²) in [5.41, 5.74) is 1.96. The predicted molar refractivity (Wildman–Crippen MR) is 111 cm³/mol. The third-order valence-corrected chi connectivity index (χ3v) is 7.77. The van der Waals surface area contributed by atoms with Crippen LogP contribution in [0.3, 0.4) is 0 Å². The van der Waals surface area contributed by atoms with Gasteiger partial charge >= 0.3 is 0 Å². The first-order chi connectivity index (χ1) is 13.2. The summed E-state index contributed by atoms with van der Waals surface area (Å²) in [6.07, 6.45) is 8.87. The Bertz CT molecular complexity index is 727. The molecule has 0 aromatic heterocycles. The van der Waals surface area contributed by atoms with Crippen LogP contribution >= 0.6 is 0 Å². The largest absolute Gasteiger partial charge is 0.298 e. The summed E-state index contributed by atoms with van der Waals surface area (Å²) in [6.45, 7) is 9.08. The summed E-state index contributed by atoms with van der Waals surface area (Å²) in [5, 5.41) is 9.26. The van der Waals surface area contributed by atoms with Crippen molar-refractivity contribution in [2.24, 2.45) is 28.7 Å². The standard InChI is InChI=1S/C24H33N3/c1-4-7-8-22-19-13-14-20-21(19)16-26-24(22,23(20)27(5-2)6-3)18-11-9-17(15-25)10-12-18/h9-12,16,19-23H,4-8,13-14H2,1-3H3/t19-,20+,21-,22+,23-,24+/m1/s1. The molecule has 3 nitrogen and oxygen atoms in total. The van der Waals surface area contributed by atoms with Crippen molar-refractivity contribution in [3.8, 4) is 6.07 Å². The van der Waals surface area contributed by atoms with Crippen molar-refractivity contribution in [2.75, 3.05) is 13.1 Å². The molecule has 0 saturated heterocycles. The quantitative estimate of drug-likeness (QED) is 0.683. The van der Waals surface area contributed by atoms with Gasteiger partial charge in [-0.1, -0.05) is 45.7 Å². The molecule has 2 fully saturated rings. The number of hydrogen-bond acceptors (Lipinski definition) is 3. The van der Waals surface area contributed by atoms with Crippen molar-refractivity contribution in [1.82, 2.24) is 4.90 Å². The highest BCUT2D eigenvalue weighted by Gasteiger charge is 2.65. The van der Waals surface area contributed by atoms with Crippen molar-refractivity contribution in [3.05, 3.63) is 35.4 Å². The van der Waals surface area contributed by atoms with E-state index >= 15 is 0 Å². The van der Waals surface area contributed by atoms with Gasteiger partial charge in [0.2, 0.25) is 0 Å². The van der Waals surface area contributed by atoms with Crippen LogP contribution < -0.4 is 0 Å². The molecule has 144 valence electrons. The van der Waals surface area contributed by atoms with Crippen LogP contribution in [0.1, 0.15) is 64.0 Å². The SMILES string of the molecule is CCCC[C@H]1[C@@H]2CC[C@H]3[C@@H]2C=N[C@]1(c1ccc(C#N)cc1)[C@@H]3N(CC)CC. The lowest BCUT2D eigenvalue weighted by atomic mass is 9.54. The summed E-state index contributed by atoms with van der Waals surface area (Å²) in [5.74, 6) is 2.84. The monoisotopic (exact) mass is 363 g/mol. The smallest absolute Gasteiger partial charge is 0.104 e. The molecule has 6 atom stereocenters. The van der Waals surface area contributed by atoms with Crippen molar-refractivity contribution in [2.45, 2.75) is 64.5 Å². The Kier molecular flexibility index (Phi) is 5.12. The Labute approximate surface area is 164 Å². The van der Waals surface area contributed by atoms with E-state index in [0.29, 0.717) is 17.9 Å². The molecule has 5 rings (SSSR count). The predicted octanol–water partition coefficient (Wildman–Crippen LogP) is 5.01. The third-order valence-electron chi connectivity index (χ3n) is 7.77. The highest BCUT2D eigenvalue weighted by Crippen LogP contribution is 2.63. The maximum atomic E-state index is 9.26. The number of aliphatic imine (C=N–C) groups is 1. The van der Waals surface area contributed by atoms with Crippen LogP contribution in [0.15, 0.2) is 29.3 Å². The Balaban J connectivity index is 1.87. The Hall–Kier alpha value is -1.66. The van der Waals surface area contributed by atoms with Gasteiger partial charge in [-0.3, -0.25) is 9.89 Å². The first kappa shape index (κ1) is 18.7. The summed E-state index contributed by atoms with van der Waals surface area (Å²) in [6, 6.07) is 11.2. The highest BCUT2D eigenvalue weighted by molar-refractivity contribution is 5.68. The highest BCUT2D eigenvalue weighted by atomic mass is 15.2. The van der Waals surface area contributed by atoms with Crippen LogP contribution in [0.25, 0.3) is 0 Å². The maximum absolute atomic E-state index is 9.26. The van der Waals surface area contributed by atoms with Gasteiger partial charge in [0, 0.05) is 18.2 Å². The number of rotatable bonds is 7. The zero-order chi connectivity index (χ0) is 19.0. The Morgan fingerprint density at radius 3 is 2.44 bits per heavy atom. The third kappa shape index (κ3) is 2.68. The van der Waals surface area contributed by atoms with E-state index in [1.165, 1.54) is 37.7 Å². The second-order valence-corrected chi connectivity index (χ2v) is 8.69. The molecule has 3 heteroatoms. The fraction of sp³-hybridized carbons (Fsp3) is 0.667. The van der Waals surface area contributed by atoms with Gasteiger partial charge in [0.25, 0.3) is 0 Å². The molecular formula is C24H33N3. The van der Waals surface area contributed by atoms with Crippen molar-refractivity contribution >= 4 is 6.21 Å². The van der Waals surface area contributed by atoms with Crippen LogP contribution in [-0.4, -0.2) is 30.2 Å². The Morgan fingerprint density at radius 1 is 1.11 bits per heavy atom. The van der Waals surface area contributed by atoms with E-state index in [1.54, 1.807) is 0 Å². The summed E-state index contributed by atoms with van der Waals surface area (Å²) in [4.78, 5) is 8.07. The number of nitriles is 1. The second kappa shape index (κ2) is 7.40. The van der Waals surface area contributed by atoms with Crippen LogP contribution in [0.4, 0.5) is 0 Å². The normalized spacial score (nSPS) is 36.3. The molecular weight excluding hydrogens is 330 g/mol. The minimum atomic E-state index is -0.129. The van der Waals surface area contributed by atoms with Crippen molar-refractivity contribution in [1.29, 1.82) is 5.26 Å². The first-order valence-electron chi connectivity index (χ1n) is 11.0. The molecule has 1 aromatic rings. The van der Waals surface area contributed by atoms with Gasteiger partial charge < -0.3 is 0 Å². The molecule has 2 aliphatic heterocycles. The molecule has 0 unspecified atom stereocenters. The maximum Gasteiger partial charge on any atom is 0.104 e. The van der Waals surface area contributed by atoms with Gasteiger partial charge in [-0.05, 0) is 67.8 Å². The van der Waals surface area contributed by atoms with Gasteiger partial charge in [0.05, 0.1) is 11.6 Å². The molecule has 4 bridgehead atoms. The van der Waals surface area contributed by atoms with Crippen LogP contribution in [0.2, 0.25) is 0 Å². The summed E-state index contributed by atoms with van der Waals surface area (Å²) >= 11 is 0. The van der Waals surface area contributed by atoms with Gasteiger partial charge in [0.15, 0.2) is 0 Å². The van der Waals surface area contributed by atoms with E-state index in [9.17, 15) is 5.26 Å². The average molecular weight is 364 g/mol. The fourth-order valence-electron chi connectivity index (χ4n) is 6.70. The second-order valence-electron chi connectivity index (χ2n) is 8.69. The number of unbranched alkanes of at least 4 members (excludes halogenated alkanes) is 1. The molecule has 1 aromatic carbocycles. The van der Waals surface area contributed by atoms with Gasteiger partial charge in [-0.2, -0.15) is 5.26 Å². The molecule has 27 heavy (non-hydrogen) atoms. The summed E-state index contributed by atoms with van der Waals surface area (Å²) < 4.78 is 0. The average Bonchev–Trinajstić information content (AvgIpc) is 3.10. The van der Waals surface area contributed by atoms with Gasteiger partial charge in [-0.25, -0.2) is 0 Å². The van der Waals surface area contributed by atoms with Crippen LogP contribution in [0, 0.1) is 35.0 Å². The van der Waals surface area contributed by atoms with E-state index in [2.05, 4.69) is 50.1 Å². The van der Waals surface area contributed by atoms with Crippen LogP contribution in [0.5, 0.6) is 0 Å². The lowest BCUT2D eigenvalue weighted by Gasteiger charge is -2.59. The Morgan fingerprint density at radius 2 is 1.81 bits per heavy atom. The molecule has 2 aliphatic carbocycles. The minimum absolute atomic E-state index is 0.129. The number of benzene rings is 1. The molecule has 0 N–H and O–H groups in total. The molecule has 0 amide bonds. The lowest BCUT2D eigenvalue weighted by Crippen LogP contribution is -2.65. The van der Waals surface area contributed by atoms with E-state index in [4.69, 9.17) is 4.99 Å². The number of nitrogens with zero attached hydrogens (tertiary/aromatic N) is 3. The van der Waals surface area contributed by atoms with Gasteiger partial charge in [0.1, 0.15) is 5.54 Å². The summed E-state index contributed by atoms with van der Waals surface area (Å²) in [7, 11) is 0. The lowest BCUT2D eigenvalue weighted by molar-refractivity contribution is -0.0330. The number of likely N-dealkylation sites (N-methyl/N-ethyl adjacent to an activating group) is 1. The zero-order valence-corrected chi connectivity index (χ0v) is 17.1. The van der Waals surface area contributed by atoms with Crippen LogP contribution in [-0.2, 0) is 5.54 Å². The van der Waals surface area contributed by atoms with E-state index < -0.39 is 0 Å². The van der Waals surface area contributed by atoms with Gasteiger partial charge in [-0.15, -0.1) is 0 Å². The fourth-order valence-corrected chi connectivity index (χ4v) is 6.70. The van der Waals surface area contributed by atoms with E-state index in [1.807, 2.05) is 12.1 Å². The molecule has 0 spiro atoms.